The molecule has 0 bridgehead atoms. The Morgan fingerprint density at radius 3 is 2.67 bits per heavy atom. The highest BCUT2D eigenvalue weighted by Crippen LogP contribution is 2.32. The fraction of sp³-hybridized carbons (Fsp3) is 0.250. The highest BCUT2D eigenvalue weighted by Gasteiger charge is 2.23. The summed E-state index contributed by atoms with van der Waals surface area (Å²) in [4.78, 5) is 14.2. The summed E-state index contributed by atoms with van der Waals surface area (Å²) in [6.45, 7) is 0. The molecule has 0 atom stereocenters. The van der Waals surface area contributed by atoms with Crippen molar-refractivity contribution in [3.63, 3.8) is 0 Å². The van der Waals surface area contributed by atoms with Crippen molar-refractivity contribution in [1.82, 2.24) is 4.98 Å². The van der Waals surface area contributed by atoms with Crippen molar-refractivity contribution < 1.29 is 18.7 Å². The predicted octanol–water partition coefficient (Wildman–Crippen LogP) is 3.22. The van der Waals surface area contributed by atoms with Crippen LogP contribution in [0, 0.1) is 0 Å². The summed E-state index contributed by atoms with van der Waals surface area (Å²) in [6, 6.07) is 0. The molecule has 1 aromatic rings. The topological polar surface area (TPSA) is 50.2 Å². The van der Waals surface area contributed by atoms with Crippen LogP contribution in [0.15, 0.2) is 10.7 Å². The van der Waals surface area contributed by atoms with Gasteiger partial charge < -0.3 is 5.11 Å². The van der Waals surface area contributed by atoms with E-state index in [-0.39, 0.29) is 15.9 Å². The van der Waals surface area contributed by atoms with Gasteiger partial charge in [0.15, 0.2) is 5.69 Å². The molecule has 0 aliphatic carbocycles. The maximum Gasteiger partial charge on any atom is 0.354 e. The summed E-state index contributed by atoms with van der Waals surface area (Å²) in [5, 5.41) is 8.71. The first-order valence-corrected chi connectivity index (χ1v) is 5.06. The van der Waals surface area contributed by atoms with Gasteiger partial charge in [0.05, 0.1) is 5.88 Å². The number of aromatic carboxylic acids is 1. The lowest BCUT2D eigenvalue weighted by Gasteiger charge is -2.10. The molecular formula is C8H5BrClF2NO2. The average molecular weight is 300 g/mol. The van der Waals surface area contributed by atoms with Crippen LogP contribution in [-0.4, -0.2) is 16.1 Å². The van der Waals surface area contributed by atoms with Crippen LogP contribution in [0.4, 0.5) is 8.78 Å². The van der Waals surface area contributed by atoms with Gasteiger partial charge in [-0.25, -0.2) is 18.6 Å². The van der Waals surface area contributed by atoms with Crippen molar-refractivity contribution in [3.05, 3.63) is 27.5 Å². The van der Waals surface area contributed by atoms with E-state index in [0.29, 0.717) is 0 Å². The molecule has 0 saturated heterocycles. The number of carboxylic acids is 1. The molecule has 82 valence electrons. The van der Waals surface area contributed by atoms with Crippen molar-refractivity contribution >= 4 is 33.5 Å². The Morgan fingerprint density at radius 2 is 2.27 bits per heavy atom. The first-order chi connectivity index (χ1) is 6.99. The SMILES string of the molecule is O=C(O)c1ncc(Br)c(C(F)F)c1CCl. The Balaban J connectivity index is 3.47. The van der Waals surface area contributed by atoms with Crippen LogP contribution in [0.3, 0.4) is 0 Å². The van der Waals surface area contributed by atoms with Crippen molar-refractivity contribution in [2.24, 2.45) is 0 Å². The molecule has 1 N–H and O–H groups in total. The molecule has 3 nitrogen and oxygen atoms in total. The zero-order valence-electron chi connectivity index (χ0n) is 7.18. The first kappa shape index (κ1) is 12.3. The van der Waals surface area contributed by atoms with Crippen molar-refractivity contribution in [2.75, 3.05) is 0 Å². The predicted molar refractivity (Wildman–Crippen MR) is 53.4 cm³/mol. The average Bonchev–Trinajstić information content (AvgIpc) is 2.15. The van der Waals surface area contributed by atoms with Gasteiger partial charge in [-0.2, -0.15) is 0 Å². The molecule has 0 aromatic carbocycles. The molecule has 15 heavy (non-hydrogen) atoms. The van der Waals surface area contributed by atoms with Gasteiger partial charge in [-0.05, 0) is 15.9 Å². The van der Waals surface area contributed by atoms with Gasteiger partial charge in [0, 0.05) is 21.8 Å². The third-order valence-corrected chi connectivity index (χ3v) is 2.63. The number of alkyl halides is 3. The van der Waals surface area contributed by atoms with Gasteiger partial charge in [0.2, 0.25) is 0 Å². The summed E-state index contributed by atoms with van der Waals surface area (Å²) in [7, 11) is 0. The maximum absolute atomic E-state index is 12.6. The third-order valence-electron chi connectivity index (χ3n) is 1.73. The van der Waals surface area contributed by atoms with Crippen LogP contribution < -0.4 is 0 Å². The number of nitrogens with zero attached hydrogens (tertiary/aromatic N) is 1. The lowest BCUT2D eigenvalue weighted by atomic mass is 10.1. The third kappa shape index (κ3) is 2.43. The van der Waals surface area contributed by atoms with E-state index in [9.17, 15) is 13.6 Å². The van der Waals surface area contributed by atoms with Gasteiger partial charge >= 0.3 is 5.97 Å². The van der Waals surface area contributed by atoms with Crippen LogP contribution in [0.1, 0.15) is 28.0 Å². The van der Waals surface area contributed by atoms with Crippen molar-refractivity contribution in [2.45, 2.75) is 12.3 Å². The number of hydrogen-bond acceptors (Lipinski definition) is 2. The molecule has 7 heteroatoms. The number of carboxylic acid groups (broad SMARTS) is 1. The molecule has 1 aromatic heterocycles. The minimum Gasteiger partial charge on any atom is -0.477 e. The largest absolute Gasteiger partial charge is 0.477 e. The highest BCUT2D eigenvalue weighted by molar-refractivity contribution is 9.10. The van der Waals surface area contributed by atoms with Crippen LogP contribution >= 0.6 is 27.5 Å². The van der Waals surface area contributed by atoms with E-state index < -0.39 is 23.7 Å². The number of aromatic nitrogens is 1. The van der Waals surface area contributed by atoms with E-state index in [4.69, 9.17) is 16.7 Å². The Bertz CT molecular complexity index is 400. The van der Waals surface area contributed by atoms with Crippen molar-refractivity contribution in [3.8, 4) is 0 Å². The minimum absolute atomic E-state index is 0.0538. The maximum atomic E-state index is 12.6. The second-order valence-electron chi connectivity index (χ2n) is 2.59. The molecule has 0 saturated carbocycles. The van der Waals surface area contributed by atoms with Gasteiger partial charge in [-0.3, -0.25) is 0 Å². The Hall–Kier alpha value is -0.750. The van der Waals surface area contributed by atoms with E-state index in [2.05, 4.69) is 20.9 Å². The quantitative estimate of drug-likeness (QED) is 0.872. The summed E-state index contributed by atoms with van der Waals surface area (Å²) >= 11 is 8.32. The molecule has 0 unspecified atom stereocenters. The molecule has 0 amide bonds. The Kier molecular flexibility index (Phi) is 3.98. The molecule has 1 rings (SSSR count). The summed E-state index contributed by atoms with van der Waals surface area (Å²) < 4.78 is 25.3. The molecule has 0 fully saturated rings. The monoisotopic (exact) mass is 299 g/mol. The Labute approximate surface area is 97.2 Å². The van der Waals surface area contributed by atoms with Crippen LogP contribution in [0.5, 0.6) is 0 Å². The highest BCUT2D eigenvalue weighted by atomic mass is 79.9. The molecule has 0 radical (unpaired) electrons. The van der Waals surface area contributed by atoms with E-state index in [1.807, 2.05) is 0 Å². The van der Waals surface area contributed by atoms with Gasteiger partial charge in [0.1, 0.15) is 0 Å². The Morgan fingerprint density at radius 1 is 1.67 bits per heavy atom. The van der Waals surface area contributed by atoms with E-state index in [1.54, 1.807) is 0 Å². The lowest BCUT2D eigenvalue weighted by molar-refractivity contribution is 0.0688. The second kappa shape index (κ2) is 4.85. The lowest BCUT2D eigenvalue weighted by Crippen LogP contribution is -2.08. The van der Waals surface area contributed by atoms with Gasteiger partial charge in [-0.15, -0.1) is 11.6 Å². The fourth-order valence-corrected chi connectivity index (χ4v) is 1.88. The van der Waals surface area contributed by atoms with E-state index in [1.165, 1.54) is 0 Å². The van der Waals surface area contributed by atoms with Crippen LogP contribution in [-0.2, 0) is 5.88 Å². The van der Waals surface area contributed by atoms with Crippen LogP contribution in [0.2, 0.25) is 0 Å². The number of halogens is 4. The number of hydrogen-bond donors (Lipinski definition) is 1. The molecule has 0 aliphatic rings. The number of pyridine rings is 1. The zero-order valence-corrected chi connectivity index (χ0v) is 9.52. The summed E-state index contributed by atoms with van der Waals surface area (Å²) in [5.74, 6) is -1.70. The molecule has 1 heterocycles. The van der Waals surface area contributed by atoms with Gasteiger partial charge in [-0.1, -0.05) is 0 Å². The second-order valence-corrected chi connectivity index (χ2v) is 3.71. The van der Waals surface area contributed by atoms with E-state index in [0.717, 1.165) is 6.20 Å². The van der Waals surface area contributed by atoms with E-state index >= 15 is 0 Å². The molecule has 0 spiro atoms. The molecule has 0 aliphatic heterocycles. The normalized spacial score (nSPS) is 10.7. The van der Waals surface area contributed by atoms with Crippen molar-refractivity contribution in [1.29, 1.82) is 0 Å². The standard InChI is InChI=1S/C8H5BrClF2NO2/c9-4-2-13-6(8(14)15)3(1-10)5(4)7(11)12/h2,7H,1H2,(H,14,15). The summed E-state index contributed by atoms with van der Waals surface area (Å²) in [5.41, 5.74) is -1.02. The molecular weight excluding hydrogens is 295 g/mol. The number of carbonyl (C=O) groups is 1. The number of rotatable bonds is 3. The zero-order chi connectivity index (χ0) is 11.6. The van der Waals surface area contributed by atoms with Gasteiger partial charge in [0.25, 0.3) is 6.43 Å². The van der Waals surface area contributed by atoms with Crippen LogP contribution in [0.25, 0.3) is 0 Å². The smallest absolute Gasteiger partial charge is 0.354 e. The minimum atomic E-state index is -2.80. The first-order valence-electron chi connectivity index (χ1n) is 3.73. The summed E-state index contributed by atoms with van der Waals surface area (Å²) in [6.07, 6.45) is -1.77. The fourth-order valence-electron chi connectivity index (χ4n) is 1.10.